The Morgan fingerprint density at radius 2 is 2.12 bits per heavy atom. The fraction of sp³-hybridized carbons (Fsp3) is 0.571. The predicted molar refractivity (Wildman–Crippen MR) is 68.8 cm³/mol. The van der Waals surface area contributed by atoms with E-state index in [0.29, 0.717) is 6.04 Å². The van der Waals surface area contributed by atoms with Crippen molar-refractivity contribution < 1.29 is 4.74 Å². The maximum atomic E-state index is 5.49. The Bertz CT molecular complexity index is 299. The lowest BCUT2D eigenvalue weighted by atomic mass is 10.0. The fourth-order valence-electron chi connectivity index (χ4n) is 1.86. The molecule has 90 valence electrons. The Labute approximate surface area is 99.0 Å². The molecule has 0 aliphatic heterocycles. The zero-order valence-corrected chi connectivity index (χ0v) is 10.6. The second-order valence-electron chi connectivity index (χ2n) is 4.11. The van der Waals surface area contributed by atoms with Crippen LogP contribution in [0, 0.1) is 6.92 Å². The van der Waals surface area contributed by atoms with Gasteiger partial charge in [0, 0.05) is 12.6 Å². The van der Waals surface area contributed by atoms with Crippen LogP contribution in [-0.2, 0) is 11.2 Å². The molecule has 0 heterocycles. The molecule has 0 saturated heterocycles. The summed E-state index contributed by atoms with van der Waals surface area (Å²) in [6.07, 6.45) is 1.04. The third kappa shape index (κ3) is 4.77. The molecule has 1 rings (SSSR count). The van der Waals surface area contributed by atoms with E-state index in [2.05, 4.69) is 43.4 Å². The van der Waals surface area contributed by atoms with Crippen LogP contribution in [-0.4, -0.2) is 25.8 Å². The summed E-state index contributed by atoms with van der Waals surface area (Å²) in [5, 5.41) is 3.46. The molecule has 0 aromatic heterocycles. The number of ether oxygens (including phenoxy) is 1. The fourth-order valence-corrected chi connectivity index (χ4v) is 1.86. The van der Waals surface area contributed by atoms with Crippen LogP contribution in [0.5, 0.6) is 0 Å². The van der Waals surface area contributed by atoms with Gasteiger partial charge in [0.1, 0.15) is 0 Å². The van der Waals surface area contributed by atoms with Gasteiger partial charge in [0.2, 0.25) is 0 Å². The highest BCUT2D eigenvalue weighted by molar-refractivity contribution is 5.23. The number of likely N-dealkylation sites (N-methyl/N-ethyl adjacent to an activating group) is 1. The van der Waals surface area contributed by atoms with E-state index in [1.54, 1.807) is 0 Å². The molecule has 1 aromatic rings. The molecule has 2 nitrogen and oxygen atoms in total. The molecule has 0 aliphatic carbocycles. The highest BCUT2D eigenvalue weighted by Crippen LogP contribution is 2.07. The van der Waals surface area contributed by atoms with E-state index in [1.165, 1.54) is 11.1 Å². The molecule has 1 aromatic carbocycles. The molecule has 2 heteroatoms. The van der Waals surface area contributed by atoms with Gasteiger partial charge in [-0.15, -0.1) is 0 Å². The smallest absolute Gasteiger partial charge is 0.0622 e. The summed E-state index contributed by atoms with van der Waals surface area (Å²) in [7, 11) is 0. The Morgan fingerprint density at radius 3 is 2.75 bits per heavy atom. The minimum absolute atomic E-state index is 0.423. The SMILES string of the molecule is CCNC(COCC)Cc1cccc(C)c1. The highest BCUT2D eigenvalue weighted by atomic mass is 16.5. The molecule has 1 unspecified atom stereocenters. The van der Waals surface area contributed by atoms with Gasteiger partial charge in [-0.25, -0.2) is 0 Å². The largest absolute Gasteiger partial charge is 0.380 e. The third-order valence-corrected chi connectivity index (χ3v) is 2.58. The Hall–Kier alpha value is -0.860. The molecule has 0 amide bonds. The van der Waals surface area contributed by atoms with Crippen LogP contribution in [0.2, 0.25) is 0 Å². The molecule has 0 bridgehead atoms. The molecular weight excluding hydrogens is 198 g/mol. The second kappa shape index (κ2) is 7.42. The van der Waals surface area contributed by atoms with Crippen LogP contribution in [0.1, 0.15) is 25.0 Å². The average Bonchev–Trinajstić information content (AvgIpc) is 2.26. The number of aryl methyl sites for hydroxylation is 1. The first-order valence-electron chi connectivity index (χ1n) is 6.13. The number of rotatable bonds is 7. The molecule has 0 aliphatic rings. The molecule has 0 radical (unpaired) electrons. The number of hydrogen-bond acceptors (Lipinski definition) is 2. The van der Waals surface area contributed by atoms with Gasteiger partial charge in [0.25, 0.3) is 0 Å². The van der Waals surface area contributed by atoms with Crippen LogP contribution in [0.4, 0.5) is 0 Å². The van der Waals surface area contributed by atoms with Crippen molar-refractivity contribution in [2.75, 3.05) is 19.8 Å². The van der Waals surface area contributed by atoms with Crippen molar-refractivity contribution >= 4 is 0 Å². The van der Waals surface area contributed by atoms with E-state index in [0.717, 1.165) is 26.2 Å². The van der Waals surface area contributed by atoms with Crippen LogP contribution in [0.3, 0.4) is 0 Å². The Morgan fingerprint density at radius 1 is 1.31 bits per heavy atom. The first kappa shape index (κ1) is 13.2. The van der Waals surface area contributed by atoms with Gasteiger partial charge < -0.3 is 10.1 Å². The van der Waals surface area contributed by atoms with Crippen molar-refractivity contribution in [2.45, 2.75) is 33.2 Å². The van der Waals surface area contributed by atoms with Gasteiger partial charge in [-0.05, 0) is 32.4 Å². The van der Waals surface area contributed by atoms with Gasteiger partial charge in [-0.1, -0.05) is 36.8 Å². The van der Waals surface area contributed by atoms with Crippen molar-refractivity contribution in [2.24, 2.45) is 0 Å². The number of benzene rings is 1. The first-order valence-corrected chi connectivity index (χ1v) is 6.13. The maximum absolute atomic E-state index is 5.49. The number of hydrogen-bond donors (Lipinski definition) is 1. The standard InChI is InChI=1S/C14H23NO/c1-4-15-14(11-16-5-2)10-13-8-6-7-12(3)9-13/h6-9,14-15H,4-5,10-11H2,1-3H3. The van der Waals surface area contributed by atoms with E-state index in [9.17, 15) is 0 Å². The number of nitrogens with one attached hydrogen (secondary N) is 1. The monoisotopic (exact) mass is 221 g/mol. The second-order valence-corrected chi connectivity index (χ2v) is 4.11. The van der Waals surface area contributed by atoms with Gasteiger partial charge >= 0.3 is 0 Å². The minimum atomic E-state index is 0.423. The Balaban J connectivity index is 2.52. The quantitative estimate of drug-likeness (QED) is 0.764. The van der Waals surface area contributed by atoms with E-state index in [-0.39, 0.29) is 0 Å². The van der Waals surface area contributed by atoms with Crippen molar-refractivity contribution in [1.29, 1.82) is 0 Å². The lowest BCUT2D eigenvalue weighted by Crippen LogP contribution is -2.35. The van der Waals surface area contributed by atoms with Crippen molar-refractivity contribution in [1.82, 2.24) is 5.32 Å². The topological polar surface area (TPSA) is 21.3 Å². The molecule has 0 saturated carbocycles. The maximum Gasteiger partial charge on any atom is 0.0622 e. The summed E-state index contributed by atoms with van der Waals surface area (Å²) >= 11 is 0. The molecule has 1 atom stereocenters. The van der Waals surface area contributed by atoms with Gasteiger partial charge in [-0.2, -0.15) is 0 Å². The van der Waals surface area contributed by atoms with Crippen LogP contribution >= 0.6 is 0 Å². The van der Waals surface area contributed by atoms with Crippen molar-refractivity contribution in [3.63, 3.8) is 0 Å². The zero-order chi connectivity index (χ0) is 11.8. The molecule has 0 spiro atoms. The molecule has 16 heavy (non-hydrogen) atoms. The predicted octanol–water partition coefficient (Wildman–Crippen LogP) is 2.55. The van der Waals surface area contributed by atoms with Gasteiger partial charge in [0.15, 0.2) is 0 Å². The van der Waals surface area contributed by atoms with E-state index in [4.69, 9.17) is 4.74 Å². The minimum Gasteiger partial charge on any atom is -0.380 e. The summed E-state index contributed by atoms with van der Waals surface area (Å²) in [5.74, 6) is 0. The summed E-state index contributed by atoms with van der Waals surface area (Å²) in [4.78, 5) is 0. The Kier molecular flexibility index (Phi) is 6.12. The van der Waals surface area contributed by atoms with E-state index in [1.807, 2.05) is 6.92 Å². The van der Waals surface area contributed by atoms with Crippen molar-refractivity contribution in [3.8, 4) is 0 Å². The van der Waals surface area contributed by atoms with Crippen LogP contribution in [0.25, 0.3) is 0 Å². The normalized spacial score (nSPS) is 12.7. The summed E-state index contributed by atoms with van der Waals surface area (Å²) in [6.45, 7) is 8.87. The summed E-state index contributed by atoms with van der Waals surface area (Å²) in [5.41, 5.74) is 2.70. The lowest BCUT2D eigenvalue weighted by Gasteiger charge is -2.17. The molecule has 0 fully saturated rings. The van der Waals surface area contributed by atoms with Gasteiger partial charge in [0.05, 0.1) is 6.61 Å². The first-order chi connectivity index (χ1) is 7.76. The lowest BCUT2D eigenvalue weighted by molar-refractivity contribution is 0.123. The third-order valence-electron chi connectivity index (χ3n) is 2.58. The zero-order valence-electron chi connectivity index (χ0n) is 10.6. The van der Waals surface area contributed by atoms with Crippen LogP contribution in [0.15, 0.2) is 24.3 Å². The van der Waals surface area contributed by atoms with Crippen molar-refractivity contribution in [3.05, 3.63) is 35.4 Å². The van der Waals surface area contributed by atoms with E-state index >= 15 is 0 Å². The average molecular weight is 221 g/mol. The molecule has 1 N–H and O–H groups in total. The highest BCUT2D eigenvalue weighted by Gasteiger charge is 2.08. The molecular formula is C14H23NO. The summed E-state index contributed by atoms with van der Waals surface area (Å²) in [6, 6.07) is 9.11. The van der Waals surface area contributed by atoms with Crippen LogP contribution < -0.4 is 5.32 Å². The van der Waals surface area contributed by atoms with Gasteiger partial charge in [-0.3, -0.25) is 0 Å². The van der Waals surface area contributed by atoms with E-state index < -0.39 is 0 Å². The summed E-state index contributed by atoms with van der Waals surface area (Å²) < 4.78 is 5.49.